The Kier molecular flexibility index (Phi) is 2.87. The molecule has 3 nitrogen and oxygen atoms in total. The van der Waals surface area contributed by atoms with E-state index < -0.39 is 5.60 Å². The summed E-state index contributed by atoms with van der Waals surface area (Å²) in [4.78, 5) is 13.6. The molecule has 0 bridgehead atoms. The van der Waals surface area contributed by atoms with Crippen LogP contribution in [0.5, 0.6) is 0 Å². The Morgan fingerprint density at radius 1 is 1.59 bits per heavy atom. The van der Waals surface area contributed by atoms with E-state index in [0.29, 0.717) is 5.56 Å². The highest BCUT2D eigenvalue weighted by atomic mass is 79.9. The number of fused-ring (bicyclic) bond motifs is 1. The van der Waals surface area contributed by atoms with Crippen LogP contribution in [0.1, 0.15) is 18.9 Å². The van der Waals surface area contributed by atoms with E-state index in [4.69, 9.17) is 0 Å². The minimum atomic E-state index is -1.47. The molecule has 0 saturated carbocycles. The van der Waals surface area contributed by atoms with Gasteiger partial charge in [0.15, 0.2) is 5.60 Å². The molecule has 1 aliphatic heterocycles. The highest BCUT2D eigenvalue weighted by molar-refractivity contribution is 9.10. The van der Waals surface area contributed by atoms with Crippen LogP contribution in [-0.4, -0.2) is 18.1 Å². The number of hydrogen-bond acceptors (Lipinski definition) is 2. The van der Waals surface area contributed by atoms with Gasteiger partial charge in [-0.05, 0) is 25.1 Å². The summed E-state index contributed by atoms with van der Waals surface area (Å²) in [5, 5.41) is 10.6. The fourth-order valence-electron chi connectivity index (χ4n) is 2.24. The lowest BCUT2D eigenvalue weighted by Gasteiger charge is -2.21. The molecule has 1 aliphatic rings. The first-order valence-electron chi connectivity index (χ1n) is 5.31. The molecule has 0 saturated heterocycles. The van der Waals surface area contributed by atoms with E-state index >= 15 is 0 Å². The third-order valence-corrected chi connectivity index (χ3v) is 3.47. The average Bonchev–Trinajstić information content (AvgIpc) is 2.41. The Bertz CT molecular complexity index is 512. The maximum Gasteiger partial charge on any atom is 0.263 e. The van der Waals surface area contributed by atoms with Gasteiger partial charge >= 0.3 is 0 Å². The number of likely N-dealkylation sites (N-methyl/N-ethyl adjacent to an activating group) is 1. The van der Waals surface area contributed by atoms with Crippen LogP contribution in [-0.2, 0) is 10.4 Å². The van der Waals surface area contributed by atoms with Crippen molar-refractivity contribution in [3.05, 3.63) is 40.4 Å². The molecule has 17 heavy (non-hydrogen) atoms. The monoisotopic (exact) mass is 295 g/mol. The standard InChI is InChI=1S/C13H14BrNO2/c1-8(2)7-13(17)10-6-9(14)4-5-11(10)15(3)12(13)16/h4-6,17H,1,7H2,2-3H3/t13-/m1/s1. The number of hydrogen-bond donors (Lipinski definition) is 1. The number of anilines is 1. The second kappa shape index (κ2) is 3.96. The summed E-state index contributed by atoms with van der Waals surface area (Å²) in [7, 11) is 1.67. The molecular weight excluding hydrogens is 282 g/mol. The summed E-state index contributed by atoms with van der Waals surface area (Å²) in [5.74, 6) is -0.298. The first-order chi connectivity index (χ1) is 7.86. The summed E-state index contributed by atoms with van der Waals surface area (Å²) in [5.41, 5.74) is 0.700. The summed E-state index contributed by atoms with van der Waals surface area (Å²) < 4.78 is 0.847. The van der Waals surface area contributed by atoms with Gasteiger partial charge in [0, 0.05) is 23.5 Å². The predicted octanol–water partition coefficient (Wildman–Crippen LogP) is 2.58. The van der Waals surface area contributed by atoms with Crippen LogP contribution in [0.15, 0.2) is 34.8 Å². The van der Waals surface area contributed by atoms with Gasteiger partial charge in [-0.3, -0.25) is 4.79 Å². The Balaban J connectivity index is 2.60. The van der Waals surface area contributed by atoms with Gasteiger partial charge in [0.1, 0.15) is 0 Å². The van der Waals surface area contributed by atoms with Crippen molar-refractivity contribution >= 4 is 27.5 Å². The highest BCUT2D eigenvalue weighted by Crippen LogP contribution is 2.43. The predicted molar refractivity (Wildman–Crippen MR) is 70.9 cm³/mol. The zero-order chi connectivity index (χ0) is 12.8. The summed E-state index contributed by atoms with van der Waals surface area (Å²) in [6.45, 7) is 5.58. The Morgan fingerprint density at radius 2 is 2.24 bits per heavy atom. The smallest absolute Gasteiger partial charge is 0.263 e. The maximum atomic E-state index is 12.2. The zero-order valence-corrected chi connectivity index (χ0v) is 11.4. The van der Waals surface area contributed by atoms with Crippen LogP contribution in [0.4, 0.5) is 5.69 Å². The molecular formula is C13H14BrNO2. The largest absolute Gasteiger partial charge is 0.375 e. The quantitative estimate of drug-likeness (QED) is 0.852. The van der Waals surface area contributed by atoms with Crippen molar-refractivity contribution < 1.29 is 9.90 Å². The van der Waals surface area contributed by atoms with Crippen LogP contribution >= 0.6 is 15.9 Å². The molecule has 1 atom stereocenters. The van der Waals surface area contributed by atoms with Gasteiger partial charge in [0.25, 0.3) is 5.91 Å². The highest BCUT2D eigenvalue weighted by Gasteiger charge is 2.48. The second-order valence-electron chi connectivity index (χ2n) is 4.52. The molecule has 0 radical (unpaired) electrons. The maximum absolute atomic E-state index is 12.2. The normalized spacial score (nSPS) is 22.8. The minimum Gasteiger partial charge on any atom is -0.375 e. The van der Waals surface area contributed by atoms with Crippen LogP contribution in [0.3, 0.4) is 0 Å². The van der Waals surface area contributed by atoms with Crippen LogP contribution < -0.4 is 4.90 Å². The van der Waals surface area contributed by atoms with Crippen molar-refractivity contribution in [1.29, 1.82) is 0 Å². The molecule has 1 N–H and O–H groups in total. The third-order valence-electron chi connectivity index (χ3n) is 2.98. The molecule has 0 fully saturated rings. The molecule has 0 unspecified atom stereocenters. The van der Waals surface area contributed by atoms with Gasteiger partial charge in [0.05, 0.1) is 5.69 Å². The number of amides is 1. The van der Waals surface area contributed by atoms with Crippen molar-refractivity contribution in [2.24, 2.45) is 0 Å². The zero-order valence-electron chi connectivity index (χ0n) is 9.83. The van der Waals surface area contributed by atoms with E-state index in [1.54, 1.807) is 20.0 Å². The van der Waals surface area contributed by atoms with E-state index in [9.17, 15) is 9.90 Å². The van der Waals surface area contributed by atoms with Crippen molar-refractivity contribution in [2.75, 3.05) is 11.9 Å². The van der Waals surface area contributed by atoms with Crippen molar-refractivity contribution in [3.63, 3.8) is 0 Å². The molecule has 1 aromatic carbocycles. The van der Waals surface area contributed by atoms with E-state index in [2.05, 4.69) is 22.5 Å². The Labute approximate surface area is 109 Å². The van der Waals surface area contributed by atoms with E-state index in [0.717, 1.165) is 15.7 Å². The van der Waals surface area contributed by atoms with Gasteiger partial charge in [-0.1, -0.05) is 21.5 Å². The van der Waals surface area contributed by atoms with Crippen molar-refractivity contribution in [3.8, 4) is 0 Å². The molecule has 4 heteroatoms. The molecule has 0 spiro atoms. The number of rotatable bonds is 2. The van der Waals surface area contributed by atoms with Crippen LogP contribution in [0, 0.1) is 0 Å². The minimum absolute atomic E-state index is 0.250. The molecule has 90 valence electrons. The lowest BCUT2D eigenvalue weighted by molar-refractivity contribution is -0.135. The van der Waals surface area contributed by atoms with Gasteiger partial charge in [-0.15, -0.1) is 6.58 Å². The average molecular weight is 296 g/mol. The first-order valence-corrected chi connectivity index (χ1v) is 6.10. The number of carbonyl (C=O) groups excluding carboxylic acids is 1. The topological polar surface area (TPSA) is 40.5 Å². The molecule has 1 heterocycles. The molecule has 1 aromatic rings. The SMILES string of the molecule is C=C(C)C[C@]1(O)C(=O)N(C)c2ccc(Br)cc21. The molecule has 0 aliphatic carbocycles. The van der Waals surface area contributed by atoms with Crippen molar-refractivity contribution in [2.45, 2.75) is 18.9 Å². The number of benzene rings is 1. The lowest BCUT2D eigenvalue weighted by Crippen LogP contribution is -2.38. The summed E-state index contributed by atoms with van der Waals surface area (Å²) >= 11 is 3.36. The summed E-state index contributed by atoms with van der Waals surface area (Å²) in [6.07, 6.45) is 0.250. The van der Waals surface area contributed by atoms with Gasteiger partial charge in [-0.2, -0.15) is 0 Å². The number of nitrogens with zero attached hydrogens (tertiary/aromatic N) is 1. The summed E-state index contributed by atoms with van der Waals surface area (Å²) in [6, 6.07) is 5.47. The van der Waals surface area contributed by atoms with Crippen molar-refractivity contribution in [1.82, 2.24) is 0 Å². The second-order valence-corrected chi connectivity index (χ2v) is 5.44. The Morgan fingerprint density at radius 3 is 2.82 bits per heavy atom. The third kappa shape index (κ3) is 1.81. The first kappa shape index (κ1) is 12.3. The van der Waals surface area contributed by atoms with E-state index in [1.807, 2.05) is 12.1 Å². The van der Waals surface area contributed by atoms with Crippen LogP contribution in [0.25, 0.3) is 0 Å². The molecule has 1 amide bonds. The van der Waals surface area contributed by atoms with Gasteiger partial charge in [0.2, 0.25) is 0 Å². The molecule has 0 aromatic heterocycles. The fourth-order valence-corrected chi connectivity index (χ4v) is 2.60. The van der Waals surface area contributed by atoms with Crippen LogP contribution in [0.2, 0.25) is 0 Å². The fraction of sp³-hybridized carbons (Fsp3) is 0.308. The number of carbonyl (C=O) groups is 1. The van der Waals surface area contributed by atoms with Gasteiger partial charge < -0.3 is 10.0 Å². The van der Waals surface area contributed by atoms with Gasteiger partial charge in [-0.25, -0.2) is 0 Å². The Hall–Kier alpha value is -1.13. The number of aliphatic hydroxyl groups is 1. The van der Waals surface area contributed by atoms with E-state index in [-0.39, 0.29) is 12.3 Å². The molecule has 2 rings (SSSR count). The lowest BCUT2D eigenvalue weighted by atomic mass is 9.89. The van der Waals surface area contributed by atoms with E-state index in [1.165, 1.54) is 4.90 Å². The number of halogens is 1.